The van der Waals surface area contributed by atoms with Crippen molar-refractivity contribution in [3.8, 4) is 6.07 Å². The highest BCUT2D eigenvalue weighted by atomic mass is 35.5. The van der Waals surface area contributed by atoms with Crippen LogP contribution in [0.5, 0.6) is 0 Å². The standard InChI is InChI=1S/C15H12ClFN2/c16-14-5-2-11(3-6-14)9-19-10-13-4-1-12(8-18)7-15(13)17/h1-7,19H,9-10H2. The molecule has 0 aromatic heterocycles. The summed E-state index contributed by atoms with van der Waals surface area (Å²) in [6, 6.07) is 13.9. The average Bonchev–Trinajstić information content (AvgIpc) is 2.42. The normalized spacial score (nSPS) is 10.2. The lowest BCUT2D eigenvalue weighted by atomic mass is 10.1. The summed E-state index contributed by atoms with van der Waals surface area (Å²) in [4.78, 5) is 0. The summed E-state index contributed by atoms with van der Waals surface area (Å²) >= 11 is 5.79. The molecule has 0 atom stereocenters. The molecule has 2 nitrogen and oxygen atoms in total. The van der Waals surface area contributed by atoms with Gasteiger partial charge in [0.15, 0.2) is 0 Å². The lowest BCUT2D eigenvalue weighted by molar-refractivity contribution is 0.587. The molecule has 0 saturated heterocycles. The van der Waals surface area contributed by atoms with E-state index in [-0.39, 0.29) is 5.82 Å². The van der Waals surface area contributed by atoms with Crippen molar-refractivity contribution in [3.63, 3.8) is 0 Å². The molecule has 0 aliphatic rings. The molecule has 0 fully saturated rings. The first-order valence-corrected chi connectivity index (χ1v) is 6.20. The van der Waals surface area contributed by atoms with Crippen molar-refractivity contribution in [3.05, 3.63) is 70.0 Å². The van der Waals surface area contributed by atoms with Crippen molar-refractivity contribution >= 4 is 11.6 Å². The van der Waals surface area contributed by atoms with Crippen molar-refractivity contribution in [2.75, 3.05) is 0 Å². The van der Waals surface area contributed by atoms with Crippen LogP contribution in [0.2, 0.25) is 5.02 Å². The van der Waals surface area contributed by atoms with Crippen LogP contribution in [-0.2, 0) is 13.1 Å². The predicted octanol–water partition coefficient (Wildman–Crippen LogP) is 3.64. The number of nitrogens with one attached hydrogen (secondary N) is 1. The topological polar surface area (TPSA) is 35.8 Å². The molecule has 1 N–H and O–H groups in total. The maximum atomic E-state index is 13.6. The van der Waals surface area contributed by atoms with E-state index in [0.717, 1.165) is 5.56 Å². The summed E-state index contributed by atoms with van der Waals surface area (Å²) < 4.78 is 13.6. The van der Waals surface area contributed by atoms with E-state index in [0.29, 0.717) is 29.2 Å². The molecule has 0 heterocycles. The zero-order valence-electron chi connectivity index (χ0n) is 10.2. The van der Waals surface area contributed by atoms with E-state index in [1.54, 1.807) is 12.1 Å². The molecule has 0 aliphatic carbocycles. The van der Waals surface area contributed by atoms with Gasteiger partial charge in [-0.1, -0.05) is 29.8 Å². The number of rotatable bonds is 4. The molecule has 0 saturated carbocycles. The van der Waals surface area contributed by atoms with Crippen molar-refractivity contribution in [1.29, 1.82) is 5.26 Å². The van der Waals surface area contributed by atoms with Crippen LogP contribution in [0.3, 0.4) is 0 Å². The van der Waals surface area contributed by atoms with Gasteiger partial charge >= 0.3 is 0 Å². The first-order chi connectivity index (χ1) is 9.19. The number of benzene rings is 2. The highest BCUT2D eigenvalue weighted by Gasteiger charge is 2.03. The van der Waals surface area contributed by atoms with Crippen LogP contribution in [0, 0.1) is 17.1 Å². The fourth-order valence-electron chi connectivity index (χ4n) is 1.70. The van der Waals surface area contributed by atoms with Gasteiger partial charge in [-0.15, -0.1) is 0 Å². The van der Waals surface area contributed by atoms with E-state index in [4.69, 9.17) is 16.9 Å². The average molecular weight is 275 g/mol. The zero-order chi connectivity index (χ0) is 13.7. The van der Waals surface area contributed by atoms with Crippen LogP contribution in [0.4, 0.5) is 4.39 Å². The second-order valence-electron chi connectivity index (χ2n) is 4.15. The fourth-order valence-corrected chi connectivity index (χ4v) is 1.83. The van der Waals surface area contributed by atoms with Crippen LogP contribution >= 0.6 is 11.6 Å². The number of halogens is 2. The van der Waals surface area contributed by atoms with E-state index in [1.165, 1.54) is 6.07 Å². The molecule has 0 bridgehead atoms. The number of hydrogen-bond donors (Lipinski definition) is 1. The van der Waals surface area contributed by atoms with Crippen molar-refractivity contribution in [1.82, 2.24) is 5.32 Å². The van der Waals surface area contributed by atoms with Crippen LogP contribution in [0.15, 0.2) is 42.5 Å². The minimum Gasteiger partial charge on any atom is -0.309 e. The first kappa shape index (κ1) is 13.5. The quantitative estimate of drug-likeness (QED) is 0.924. The summed E-state index contributed by atoms with van der Waals surface area (Å²) in [5.41, 5.74) is 1.96. The van der Waals surface area contributed by atoms with Gasteiger partial charge in [-0.2, -0.15) is 5.26 Å². The van der Waals surface area contributed by atoms with Crippen LogP contribution in [0.1, 0.15) is 16.7 Å². The van der Waals surface area contributed by atoms with Gasteiger partial charge in [0.1, 0.15) is 5.82 Å². The molecular weight excluding hydrogens is 263 g/mol. The molecule has 0 amide bonds. The Balaban J connectivity index is 1.92. The minimum atomic E-state index is -0.359. The molecule has 0 unspecified atom stereocenters. The summed E-state index contributed by atoms with van der Waals surface area (Å²) in [5, 5.41) is 12.5. The third-order valence-electron chi connectivity index (χ3n) is 2.74. The monoisotopic (exact) mass is 274 g/mol. The van der Waals surface area contributed by atoms with Gasteiger partial charge in [-0.25, -0.2) is 4.39 Å². The summed E-state index contributed by atoms with van der Waals surface area (Å²) in [6.45, 7) is 1.05. The highest BCUT2D eigenvalue weighted by molar-refractivity contribution is 6.30. The lowest BCUT2D eigenvalue weighted by Gasteiger charge is -2.06. The smallest absolute Gasteiger partial charge is 0.129 e. The number of nitrogens with zero attached hydrogens (tertiary/aromatic N) is 1. The summed E-state index contributed by atoms with van der Waals surface area (Å²) in [5.74, 6) is -0.359. The molecule has 0 spiro atoms. The maximum Gasteiger partial charge on any atom is 0.129 e. The molecule has 2 rings (SSSR count). The van der Waals surface area contributed by atoms with Gasteiger partial charge in [0.2, 0.25) is 0 Å². The fraction of sp³-hybridized carbons (Fsp3) is 0.133. The van der Waals surface area contributed by atoms with Gasteiger partial charge < -0.3 is 5.32 Å². The van der Waals surface area contributed by atoms with Crippen molar-refractivity contribution in [2.45, 2.75) is 13.1 Å². The molecule has 19 heavy (non-hydrogen) atoms. The van der Waals surface area contributed by atoms with Gasteiger partial charge in [-0.3, -0.25) is 0 Å². The Morgan fingerprint density at radius 1 is 1.11 bits per heavy atom. The van der Waals surface area contributed by atoms with E-state index >= 15 is 0 Å². The summed E-state index contributed by atoms with van der Waals surface area (Å²) in [7, 11) is 0. The number of nitriles is 1. The van der Waals surface area contributed by atoms with Crippen LogP contribution in [-0.4, -0.2) is 0 Å². The van der Waals surface area contributed by atoms with E-state index in [9.17, 15) is 4.39 Å². The van der Waals surface area contributed by atoms with E-state index < -0.39 is 0 Å². The Hall–Kier alpha value is -1.89. The van der Waals surface area contributed by atoms with Gasteiger partial charge in [-0.05, 0) is 29.8 Å². The molecule has 2 aromatic rings. The first-order valence-electron chi connectivity index (χ1n) is 5.83. The molecule has 4 heteroatoms. The number of hydrogen-bond acceptors (Lipinski definition) is 2. The zero-order valence-corrected chi connectivity index (χ0v) is 10.9. The molecule has 0 aliphatic heterocycles. The Morgan fingerprint density at radius 3 is 2.47 bits per heavy atom. The van der Waals surface area contributed by atoms with Gasteiger partial charge in [0, 0.05) is 23.7 Å². The van der Waals surface area contributed by atoms with Crippen molar-refractivity contribution < 1.29 is 4.39 Å². The van der Waals surface area contributed by atoms with Gasteiger partial charge in [0.05, 0.1) is 11.6 Å². The Bertz CT molecular complexity index is 603. The second-order valence-corrected chi connectivity index (χ2v) is 4.58. The maximum absolute atomic E-state index is 13.6. The van der Waals surface area contributed by atoms with E-state index in [1.807, 2.05) is 30.3 Å². The SMILES string of the molecule is N#Cc1ccc(CNCc2ccc(Cl)cc2)c(F)c1. The third-order valence-corrected chi connectivity index (χ3v) is 2.99. The molecule has 0 radical (unpaired) electrons. The molecule has 2 aromatic carbocycles. The minimum absolute atomic E-state index is 0.332. The van der Waals surface area contributed by atoms with Crippen LogP contribution < -0.4 is 5.32 Å². The third kappa shape index (κ3) is 3.78. The largest absolute Gasteiger partial charge is 0.309 e. The predicted molar refractivity (Wildman–Crippen MR) is 73.1 cm³/mol. The Labute approximate surface area is 116 Å². The lowest BCUT2D eigenvalue weighted by Crippen LogP contribution is -2.13. The van der Waals surface area contributed by atoms with E-state index in [2.05, 4.69) is 5.32 Å². The Morgan fingerprint density at radius 2 is 1.84 bits per heavy atom. The molecule has 96 valence electrons. The van der Waals surface area contributed by atoms with Gasteiger partial charge in [0.25, 0.3) is 0 Å². The Kier molecular flexibility index (Phi) is 4.51. The highest BCUT2D eigenvalue weighted by Crippen LogP contribution is 2.11. The second kappa shape index (κ2) is 6.33. The molecular formula is C15H12ClFN2. The summed E-state index contributed by atoms with van der Waals surface area (Å²) in [6.07, 6.45) is 0. The van der Waals surface area contributed by atoms with Crippen LogP contribution in [0.25, 0.3) is 0 Å². The van der Waals surface area contributed by atoms with Crippen molar-refractivity contribution in [2.24, 2.45) is 0 Å².